The van der Waals surface area contributed by atoms with Gasteiger partial charge in [-0.1, -0.05) is 11.2 Å². The number of methoxy groups -OCH3 is 1. The third kappa shape index (κ3) is 3.25. The van der Waals surface area contributed by atoms with E-state index in [9.17, 15) is 4.79 Å². The molecule has 1 aliphatic rings. The maximum Gasteiger partial charge on any atom is 0.337 e. The molecule has 7 heteroatoms. The minimum absolute atomic E-state index is 0.189. The zero-order valence-electron chi connectivity index (χ0n) is 12.2. The average Bonchev–Trinajstić information content (AvgIpc) is 3.23. The molecule has 1 aromatic carbocycles. The number of aromatic nitrogens is 2. The van der Waals surface area contributed by atoms with Gasteiger partial charge in [-0.15, -0.1) is 0 Å². The van der Waals surface area contributed by atoms with Gasteiger partial charge < -0.3 is 19.3 Å². The Kier molecular flexibility index (Phi) is 4.34. The predicted molar refractivity (Wildman–Crippen MR) is 76.6 cm³/mol. The van der Waals surface area contributed by atoms with Crippen LogP contribution in [0.25, 0.3) is 0 Å². The highest BCUT2D eigenvalue weighted by atomic mass is 16.5. The van der Waals surface area contributed by atoms with E-state index >= 15 is 0 Å². The average molecular weight is 303 g/mol. The first-order valence-corrected chi connectivity index (χ1v) is 7.10. The summed E-state index contributed by atoms with van der Waals surface area (Å²) in [6.45, 7) is 2.02. The van der Waals surface area contributed by atoms with Gasteiger partial charge in [0.25, 0.3) is 0 Å². The summed E-state index contributed by atoms with van der Waals surface area (Å²) in [6.07, 6.45) is 1.00. The molecule has 0 bridgehead atoms. The van der Waals surface area contributed by atoms with Crippen LogP contribution in [0.4, 0.5) is 0 Å². The summed E-state index contributed by atoms with van der Waals surface area (Å²) in [4.78, 5) is 15.8. The van der Waals surface area contributed by atoms with Crippen LogP contribution < -0.4 is 10.1 Å². The molecule has 0 aliphatic carbocycles. The smallest absolute Gasteiger partial charge is 0.337 e. The summed E-state index contributed by atoms with van der Waals surface area (Å²) in [6, 6.07) is 6.77. The topological polar surface area (TPSA) is 86.5 Å². The van der Waals surface area contributed by atoms with Crippen LogP contribution in [0, 0.1) is 0 Å². The Bertz CT molecular complexity index is 650. The molecule has 0 radical (unpaired) electrons. The molecule has 22 heavy (non-hydrogen) atoms. The van der Waals surface area contributed by atoms with Crippen molar-refractivity contribution in [3.05, 3.63) is 41.5 Å². The molecule has 1 aromatic heterocycles. The Morgan fingerprint density at radius 1 is 1.50 bits per heavy atom. The van der Waals surface area contributed by atoms with E-state index < -0.39 is 5.97 Å². The molecule has 2 aromatic rings. The molecule has 1 N–H and O–H groups in total. The van der Waals surface area contributed by atoms with E-state index in [4.69, 9.17) is 9.26 Å². The fourth-order valence-corrected chi connectivity index (χ4v) is 2.34. The fourth-order valence-electron chi connectivity index (χ4n) is 2.34. The van der Waals surface area contributed by atoms with Crippen LogP contribution in [0.1, 0.15) is 34.4 Å². The summed E-state index contributed by atoms with van der Waals surface area (Å²) in [7, 11) is 1.34. The third-order valence-electron chi connectivity index (χ3n) is 3.52. The van der Waals surface area contributed by atoms with Gasteiger partial charge in [0.1, 0.15) is 5.75 Å². The highest BCUT2D eigenvalue weighted by molar-refractivity contribution is 5.89. The van der Waals surface area contributed by atoms with E-state index in [0.29, 0.717) is 23.0 Å². The first-order chi connectivity index (χ1) is 10.8. The molecular formula is C15H17N3O4. The number of hydrogen-bond acceptors (Lipinski definition) is 7. The van der Waals surface area contributed by atoms with E-state index in [-0.39, 0.29) is 12.5 Å². The van der Waals surface area contributed by atoms with Gasteiger partial charge in [-0.3, -0.25) is 0 Å². The number of rotatable bonds is 5. The van der Waals surface area contributed by atoms with E-state index in [1.807, 2.05) is 0 Å². The fraction of sp³-hybridized carbons (Fsp3) is 0.400. The maximum absolute atomic E-state index is 11.5. The minimum atomic E-state index is -0.402. The summed E-state index contributed by atoms with van der Waals surface area (Å²) in [5.41, 5.74) is 0.436. The zero-order chi connectivity index (χ0) is 15.4. The Balaban J connectivity index is 1.61. The van der Waals surface area contributed by atoms with Crippen molar-refractivity contribution in [3.63, 3.8) is 0 Å². The second-order valence-electron chi connectivity index (χ2n) is 5.05. The number of carbonyl (C=O) groups is 1. The summed E-state index contributed by atoms with van der Waals surface area (Å²) in [5.74, 6) is 1.57. The van der Waals surface area contributed by atoms with Gasteiger partial charge in [-0.05, 0) is 31.2 Å². The van der Waals surface area contributed by atoms with Crippen LogP contribution >= 0.6 is 0 Å². The van der Waals surface area contributed by atoms with Gasteiger partial charge in [0, 0.05) is 6.54 Å². The van der Waals surface area contributed by atoms with Crippen molar-refractivity contribution >= 4 is 5.97 Å². The molecule has 0 saturated carbocycles. The Hall–Kier alpha value is -2.41. The van der Waals surface area contributed by atoms with Gasteiger partial charge in [0.05, 0.1) is 18.6 Å². The second-order valence-corrected chi connectivity index (χ2v) is 5.05. The largest absolute Gasteiger partial charge is 0.485 e. The zero-order valence-corrected chi connectivity index (χ0v) is 12.2. The SMILES string of the molecule is COC(=O)c1cccc(OCc2noc([C@@H]3CCNC3)n2)c1. The molecule has 1 aliphatic heterocycles. The molecular weight excluding hydrogens is 286 g/mol. The summed E-state index contributed by atoms with van der Waals surface area (Å²) in [5, 5.41) is 7.18. The van der Waals surface area contributed by atoms with Gasteiger partial charge >= 0.3 is 5.97 Å². The molecule has 0 amide bonds. The van der Waals surface area contributed by atoms with Gasteiger partial charge in [-0.25, -0.2) is 4.79 Å². The maximum atomic E-state index is 11.5. The number of nitrogens with one attached hydrogen (secondary N) is 1. The lowest BCUT2D eigenvalue weighted by atomic mass is 10.1. The van der Waals surface area contributed by atoms with Crippen LogP contribution in [0.5, 0.6) is 5.75 Å². The standard InChI is InChI=1S/C15H17N3O4/c1-20-15(19)10-3-2-4-12(7-10)21-9-13-17-14(22-18-13)11-5-6-16-8-11/h2-4,7,11,16H,5-6,8-9H2,1H3/t11-/m1/s1. The monoisotopic (exact) mass is 303 g/mol. The number of ether oxygens (including phenoxy) is 2. The first kappa shape index (κ1) is 14.5. The van der Waals surface area contributed by atoms with E-state index in [1.54, 1.807) is 24.3 Å². The van der Waals surface area contributed by atoms with Crippen LogP contribution in [0.3, 0.4) is 0 Å². The van der Waals surface area contributed by atoms with E-state index in [0.717, 1.165) is 19.5 Å². The Morgan fingerprint density at radius 3 is 3.18 bits per heavy atom. The molecule has 116 valence electrons. The minimum Gasteiger partial charge on any atom is -0.485 e. The third-order valence-corrected chi connectivity index (χ3v) is 3.52. The van der Waals surface area contributed by atoms with Gasteiger partial charge in [0.2, 0.25) is 11.7 Å². The molecule has 1 fully saturated rings. The van der Waals surface area contributed by atoms with Crippen molar-refractivity contribution < 1.29 is 18.8 Å². The Morgan fingerprint density at radius 2 is 2.41 bits per heavy atom. The number of esters is 1. The number of nitrogens with zero attached hydrogens (tertiary/aromatic N) is 2. The van der Waals surface area contributed by atoms with Crippen LogP contribution in [0.15, 0.2) is 28.8 Å². The molecule has 0 spiro atoms. The number of benzene rings is 1. The van der Waals surface area contributed by atoms with Gasteiger partial charge in [0.15, 0.2) is 6.61 Å². The molecule has 1 saturated heterocycles. The lowest BCUT2D eigenvalue weighted by molar-refractivity contribution is 0.0600. The van der Waals surface area contributed by atoms with Crippen molar-refractivity contribution in [2.75, 3.05) is 20.2 Å². The highest BCUT2D eigenvalue weighted by Crippen LogP contribution is 2.21. The summed E-state index contributed by atoms with van der Waals surface area (Å²) < 4.78 is 15.5. The number of hydrogen-bond donors (Lipinski definition) is 1. The first-order valence-electron chi connectivity index (χ1n) is 7.10. The van der Waals surface area contributed by atoms with Gasteiger partial charge in [-0.2, -0.15) is 4.98 Å². The molecule has 3 rings (SSSR count). The van der Waals surface area contributed by atoms with E-state index in [1.165, 1.54) is 7.11 Å². The van der Waals surface area contributed by atoms with Crippen LogP contribution in [-0.4, -0.2) is 36.3 Å². The molecule has 1 atom stereocenters. The van der Waals surface area contributed by atoms with Crippen molar-refractivity contribution in [3.8, 4) is 5.75 Å². The van der Waals surface area contributed by atoms with Crippen molar-refractivity contribution in [1.82, 2.24) is 15.5 Å². The second kappa shape index (κ2) is 6.57. The van der Waals surface area contributed by atoms with Crippen molar-refractivity contribution in [2.45, 2.75) is 18.9 Å². The highest BCUT2D eigenvalue weighted by Gasteiger charge is 2.22. The molecule has 0 unspecified atom stereocenters. The lowest BCUT2D eigenvalue weighted by Gasteiger charge is -2.05. The summed E-state index contributed by atoms with van der Waals surface area (Å²) >= 11 is 0. The molecule has 7 nitrogen and oxygen atoms in total. The normalized spacial score (nSPS) is 17.4. The quantitative estimate of drug-likeness (QED) is 0.838. The Labute approximate surface area is 127 Å². The predicted octanol–water partition coefficient (Wildman–Crippen LogP) is 1.51. The number of carbonyl (C=O) groups excluding carboxylic acids is 1. The van der Waals surface area contributed by atoms with Crippen molar-refractivity contribution in [2.24, 2.45) is 0 Å². The van der Waals surface area contributed by atoms with E-state index in [2.05, 4.69) is 20.2 Å². The van der Waals surface area contributed by atoms with Crippen LogP contribution in [0.2, 0.25) is 0 Å². The lowest BCUT2D eigenvalue weighted by Crippen LogP contribution is -2.08. The van der Waals surface area contributed by atoms with Crippen LogP contribution in [-0.2, 0) is 11.3 Å². The van der Waals surface area contributed by atoms with Crippen molar-refractivity contribution in [1.29, 1.82) is 0 Å². The molecule has 2 heterocycles.